The Bertz CT molecular complexity index is 934. The van der Waals surface area contributed by atoms with E-state index in [0.29, 0.717) is 31.1 Å². The van der Waals surface area contributed by atoms with Crippen LogP contribution in [0.15, 0.2) is 48.8 Å². The second kappa shape index (κ2) is 7.74. The van der Waals surface area contributed by atoms with Gasteiger partial charge in [-0.05, 0) is 43.0 Å². The van der Waals surface area contributed by atoms with Crippen LogP contribution in [0.2, 0.25) is 0 Å². The number of fused-ring (bicyclic) bond motifs is 1. The Kier molecular flexibility index (Phi) is 4.93. The highest BCUT2D eigenvalue weighted by Crippen LogP contribution is 2.46. The summed E-state index contributed by atoms with van der Waals surface area (Å²) < 4.78 is 6.52. The summed E-state index contributed by atoms with van der Waals surface area (Å²) in [4.78, 5) is 31.2. The molecular formula is C24H27N3O3. The second-order valence-electron chi connectivity index (χ2n) is 8.80. The van der Waals surface area contributed by atoms with Gasteiger partial charge in [-0.3, -0.25) is 14.6 Å². The van der Waals surface area contributed by atoms with Crippen molar-refractivity contribution in [2.24, 2.45) is 0 Å². The Morgan fingerprint density at radius 3 is 2.57 bits per heavy atom. The van der Waals surface area contributed by atoms with Gasteiger partial charge in [0.15, 0.2) is 0 Å². The average Bonchev–Trinajstić information content (AvgIpc) is 3.58. The lowest BCUT2D eigenvalue weighted by Gasteiger charge is -2.47. The van der Waals surface area contributed by atoms with Crippen molar-refractivity contribution in [3.05, 3.63) is 59.9 Å². The molecule has 2 fully saturated rings. The van der Waals surface area contributed by atoms with Gasteiger partial charge in [0.1, 0.15) is 11.4 Å². The third-order valence-electron chi connectivity index (χ3n) is 6.57. The summed E-state index contributed by atoms with van der Waals surface area (Å²) in [6, 6.07) is 12.0. The van der Waals surface area contributed by atoms with E-state index in [4.69, 9.17) is 4.74 Å². The molecule has 0 radical (unpaired) electrons. The maximum absolute atomic E-state index is 12.8. The van der Waals surface area contributed by atoms with Gasteiger partial charge in [0.05, 0.1) is 0 Å². The SMILES string of the molecule is O=C(CC1CC2(CCN(C(=O)c3ccncc3)CC2)Oc2ccccc21)NC1CC1. The number of benzene rings is 1. The standard InChI is InChI=1S/C24H27N3O3/c28-22(26-19-5-6-19)15-18-16-24(30-21-4-2-1-3-20(18)21)9-13-27(14-10-24)23(29)17-7-11-25-12-8-17/h1-4,7-8,11-12,18-19H,5-6,9-10,13-16H2,(H,26,28). The number of carbonyl (C=O) groups is 2. The maximum Gasteiger partial charge on any atom is 0.253 e. The molecule has 3 aliphatic rings. The van der Waals surface area contributed by atoms with Crippen molar-refractivity contribution in [1.82, 2.24) is 15.2 Å². The number of likely N-dealkylation sites (tertiary alicyclic amines) is 1. The first-order valence-electron chi connectivity index (χ1n) is 10.9. The zero-order valence-electron chi connectivity index (χ0n) is 17.0. The number of nitrogens with zero attached hydrogens (tertiary/aromatic N) is 2. The molecular weight excluding hydrogens is 378 g/mol. The number of hydrogen-bond donors (Lipinski definition) is 1. The first kappa shape index (κ1) is 19.1. The molecule has 2 amide bonds. The van der Waals surface area contributed by atoms with Crippen molar-refractivity contribution < 1.29 is 14.3 Å². The number of nitrogens with one attached hydrogen (secondary N) is 1. The van der Waals surface area contributed by atoms with Crippen molar-refractivity contribution in [3.63, 3.8) is 0 Å². The van der Waals surface area contributed by atoms with E-state index in [0.717, 1.165) is 43.4 Å². The molecule has 1 atom stereocenters. The number of amides is 2. The van der Waals surface area contributed by atoms with Crippen LogP contribution in [-0.2, 0) is 4.79 Å². The first-order chi connectivity index (χ1) is 14.6. The summed E-state index contributed by atoms with van der Waals surface area (Å²) in [5.74, 6) is 1.22. The Hall–Kier alpha value is -2.89. The fourth-order valence-electron chi connectivity index (χ4n) is 4.77. The van der Waals surface area contributed by atoms with E-state index in [1.54, 1.807) is 24.5 Å². The number of ether oxygens (including phenoxy) is 1. The summed E-state index contributed by atoms with van der Waals surface area (Å²) in [6.07, 6.45) is 8.37. The molecule has 3 heterocycles. The first-order valence-corrected chi connectivity index (χ1v) is 10.9. The number of carbonyl (C=O) groups excluding carboxylic acids is 2. The molecule has 1 spiro atoms. The molecule has 1 unspecified atom stereocenters. The average molecular weight is 405 g/mol. The summed E-state index contributed by atoms with van der Waals surface area (Å²) in [7, 11) is 0. The molecule has 1 saturated carbocycles. The van der Waals surface area contributed by atoms with Crippen molar-refractivity contribution in [2.75, 3.05) is 13.1 Å². The molecule has 1 aromatic carbocycles. The van der Waals surface area contributed by atoms with Crippen LogP contribution in [-0.4, -0.2) is 46.4 Å². The minimum atomic E-state index is -0.312. The largest absolute Gasteiger partial charge is 0.487 e. The molecule has 156 valence electrons. The minimum absolute atomic E-state index is 0.0452. The van der Waals surface area contributed by atoms with Crippen LogP contribution in [0.3, 0.4) is 0 Å². The Balaban J connectivity index is 1.30. The summed E-state index contributed by atoms with van der Waals surface area (Å²) in [5, 5.41) is 3.13. The molecule has 1 N–H and O–H groups in total. The van der Waals surface area contributed by atoms with Gasteiger partial charge in [-0.25, -0.2) is 0 Å². The van der Waals surface area contributed by atoms with E-state index in [2.05, 4.69) is 16.4 Å². The minimum Gasteiger partial charge on any atom is -0.487 e. The van der Waals surface area contributed by atoms with Gasteiger partial charge in [0, 0.05) is 62.3 Å². The second-order valence-corrected chi connectivity index (χ2v) is 8.80. The molecule has 6 heteroatoms. The molecule has 1 aliphatic carbocycles. The molecule has 6 nitrogen and oxygen atoms in total. The molecule has 30 heavy (non-hydrogen) atoms. The normalized spacial score (nSPS) is 22.1. The van der Waals surface area contributed by atoms with Crippen LogP contribution in [0, 0.1) is 0 Å². The number of aromatic nitrogens is 1. The topological polar surface area (TPSA) is 71.5 Å². The highest BCUT2D eigenvalue weighted by molar-refractivity contribution is 5.94. The summed E-state index contributed by atoms with van der Waals surface area (Å²) in [5.41, 5.74) is 1.49. The smallest absolute Gasteiger partial charge is 0.253 e. The Labute approximate surface area is 176 Å². The Morgan fingerprint density at radius 2 is 1.83 bits per heavy atom. The van der Waals surface area contributed by atoms with Crippen molar-refractivity contribution in [1.29, 1.82) is 0 Å². The van der Waals surface area contributed by atoms with Crippen LogP contribution in [0.4, 0.5) is 0 Å². The van der Waals surface area contributed by atoms with Crippen LogP contribution in [0.5, 0.6) is 5.75 Å². The van der Waals surface area contributed by atoms with E-state index in [9.17, 15) is 9.59 Å². The fourth-order valence-corrected chi connectivity index (χ4v) is 4.77. The van der Waals surface area contributed by atoms with Crippen molar-refractivity contribution in [2.45, 2.75) is 56.1 Å². The molecule has 2 aliphatic heterocycles. The lowest BCUT2D eigenvalue weighted by atomic mass is 9.76. The number of pyridine rings is 1. The Morgan fingerprint density at radius 1 is 1.10 bits per heavy atom. The predicted octanol–water partition coefficient (Wildman–Crippen LogP) is 3.29. The summed E-state index contributed by atoms with van der Waals surface area (Å²) >= 11 is 0. The van der Waals surface area contributed by atoms with Gasteiger partial charge in [-0.1, -0.05) is 18.2 Å². The van der Waals surface area contributed by atoms with Gasteiger partial charge in [-0.15, -0.1) is 0 Å². The molecule has 1 saturated heterocycles. The lowest BCUT2D eigenvalue weighted by Crippen LogP contribution is -2.52. The van der Waals surface area contributed by atoms with E-state index < -0.39 is 0 Å². The molecule has 1 aromatic heterocycles. The van der Waals surface area contributed by atoms with Gasteiger partial charge >= 0.3 is 0 Å². The zero-order chi connectivity index (χ0) is 20.6. The number of para-hydroxylation sites is 1. The monoisotopic (exact) mass is 405 g/mol. The lowest BCUT2D eigenvalue weighted by molar-refractivity contribution is -0.122. The van der Waals surface area contributed by atoms with E-state index in [-0.39, 0.29) is 23.3 Å². The molecule has 0 bridgehead atoms. The number of hydrogen-bond acceptors (Lipinski definition) is 4. The van der Waals surface area contributed by atoms with Gasteiger partial charge in [0.25, 0.3) is 5.91 Å². The molecule has 2 aromatic rings. The summed E-state index contributed by atoms with van der Waals surface area (Å²) in [6.45, 7) is 1.31. The number of rotatable bonds is 4. The van der Waals surface area contributed by atoms with Crippen LogP contribution < -0.4 is 10.1 Å². The van der Waals surface area contributed by atoms with E-state index in [1.165, 1.54) is 0 Å². The maximum atomic E-state index is 12.8. The fraction of sp³-hybridized carbons (Fsp3) is 0.458. The van der Waals surface area contributed by atoms with Crippen LogP contribution >= 0.6 is 0 Å². The van der Waals surface area contributed by atoms with Gasteiger partial charge < -0.3 is 15.0 Å². The zero-order valence-corrected chi connectivity index (χ0v) is 17.0. The van der Waals surface area contributed by atoms with Gasteiger partial charge in [-0.2, -0.15) is 0 Å². The van der Waals surface area contributed by atoms with Crippen LogP contribution in [0.25, 0.3) is 0 Å². The molecule has 5 rings (SSSR count). The van der Waals surface area contributed by atoms with Crippen molar-refractivity contribution >= 4 is 11.8 Å². The highest BCUT2D eigenvalue weighted by atomic mass is 16.5. The highest BCUT2D eigenvalue weighted by Gasteiger charge is 2.44. The van der Waals surface area contributed by atoms with Crippen LogP contribution in [0.1, 0.15) is 60.4 Å². The quantitative estimate of drug-likeness (QED) is 0.847. The van der Waals surface area contributed by atoms with E-state index >= 15 is 0 Å². The number of piperidine rings is 1. The third kappa shape index (κ3) is 3.91. The predicted molar refractivity (Wildman–Crippen MR) is 112 cm³/mol. The van der Waals surface area contributed by atoms with Gasteiger partial charge in [0.2, 0.25) is 5.91 Å². The van der Waals surface area contributed by atoms with Crippen molar-refractivity contribution in [3.8, 4) is 5.75 Å². The third-order valence-corrected chi connectivity index (χ3v) is 6.57. The van der Waals surface area contributed by atoms with E-state index in [1.807, 2.05) is 23.1 Å².